The second-order valence-corrected chi connectivity index (χ2v) is 7.41. The summed E-state index contributed by atoms with van der Waals surface area (Å²) >= 11 is 0. The van der Waals surface area contributed by atoms with Crippen LogP contribution in [-0.2, 0) is 11.3 Å². The van der Waals surface area contributed by atoms with Crippen molar-refractivity contribution in [2.75, 3.05) is 13.7 Å². The van der Waals surface area contributed by atoms with Crippen LogP contribution in [-0.4, -0.2) is 34.2 Å². The Morgan fingerprint density at radius 1 is 1.10 bits per heavy atom. The number of carbonyl (C=O) groups excluding carboxylic acids is 1. The number of nitrogens with zero attached hydrogens (tertiary/aromatic N) is 3. The third-order valence-electron chi connectivity index (χ3n) is 5.62. The molecule has 0 saturated carbocycles. The van der Waals surface area contributed by atoms with Gasteiger partial charge in [0.15, 0.2) is 0 Å². The predicted octanol–water partition coefficient (Wildman–Crippen LogP) is 3.55. The Labute approximate surface area is 169 Å². The van der Waals surface area contributed by atoms with E-state index in [1.165, 1.54) is 6.20 Å². The average Bonchev–Trinajstić information content (AvgIpc) is 3.02. The quantitative estimate of drug-likeness (QED) is 0.682. The molecule has 1 aliphatic rings. The lowest BCUT2D eigenvalue weighted by atomic mass is 10.0. The van der Waals surface area contributed by atoms with E-state index in [0.29, 0.717) is 10.9 Å². The van der Waals surface area contributed by atoms with Crippen molar-refractivity contribution < 1.29 is 9.53 Å². The molecule has 2 heterocycles. The Morgan fingerprint density at radius 3 is 2.69 bits per heavy atom. The standard InChI is InChI=1S/C23H25N3O3/c1-29-18-12-10-17(11-13-18)20-8-3-2-6-14-25(20)23(28)16-26-21-9-5-4-7-19(21)22(27)15-24-26/h4-5,7,9-13,15,20H,2-3,6,8,14,16H2,1H3. The first-order chi connectivity index (χ1) is 14.2. The molecule has 0 spiro atoms. The highest BCUT2D eigenvalue weighted by atomic mass is 16.5. The van der Waals surface area contributed by atoms with E-state index < -0.39 is 0 Å². The third kappa shape index (κ3) is 4.01. The van der Waals surface area contributed by atoms with Crippen molar-refractivity contribution in [1.82, 2.24) is 14.7 Å². The van der Waals surface area contributed by atoms with Crippen LogP contribution in [0.15, 0.2) is 59.5 Å². The average molecular weight is 391 g/mol. The van der Waals surface area contributed by atoms with E-state index in [1.54, 1.807) is 17.9 Å². The molecule has 6 heteroatoms. The topological polar surface area (TPSA) is 64.4 Å². The Hall–Kier alpha value is -3.15. The lowest BCUT2D eigenvalue weighted by Gasteiger charge is -2.31. The molecule has 1 aromatic heterocycles. The second-order valence-electron chi connectivity index (χ2n) is 7.41. The molecule has 1 aliphatic heterocycles. The van der Waals surface area contributed by atoms with Crippen LogP contribution in [0.5, 0.6) is 5.75 Å². The maximum absolute atomic E-state index is 13.3. The van der Waals surface area contributed by atoms with Crippen LogP contribution in [0.25, 0.3) is 10.9 Å². The zero-order valence-electron chi connectivity index (χ0n) is 16.6. The molecule has 1 unspecified atom stereocenters. The monoisotopic (exact) mass is 391 g/mol. The van der Waals surface area contributed by atoms with Gasteiger partial charge in [-0.25, -0.2) is 0 Å². The minimum Gasteiger partial charge on any atom is -0.497 e. The van der Waals surface area contributed by atoms with Crippen LogP contribution in [0.4, 0.5) is 0 Å². The van der Waals surface area contributed by atoms with E-state index in [1.807, 2.05) is 47.4 Å². The number of methoxy groups -OCH3 is 1. The largest absolute Gasteiger partial charge is 0.497 e. The van der Waals surface area contributed by atoms with Gasteiger partial charge in [0, 0.05) is 11.9 Å². The number of amides is 1. The summed E-state index contributed by atoms with van der Waals surface area (Å²) in [6, 6.07) is 15.3. The summed E-state index contributed by atoms with van der Waals surface area (Å²) in [6.45, 7) is 0.848. The van der Waals surface area contributed by atoms with Gasteiger partial charge in [0.2, 0.25) is 11.3 Å². The molecule has 3 aromatic rings. The fourth-order valence-electron chi connectivity index (χ4n) is 4.09. The number of rotatable bonds is 4. The maximum Gasteiger partial charge on any atom is 0.244 e. The summed E-state index contributed by atoms with van der Waals surface area (Å²) in [7, 11) is 1.65. The van der Waals surface area contributed by atoms with Gasteiger partial charge in [-0.3, -0.25) is 14.3 Å². The van der Waals surface area contributed by atoms with Crippen molar-refractivity contribution in [3.8, 4) is 5.75 Å². The number of benzene rings is 2. The molecule has 29 heavy (non-hydrogen) atoms. The van der Waals surface area contributed by atoms with Crippen LogP contribution < -0.4 is 10.2 Å². The molecule has 0 bridgehead atoms. The SMILES string of the molecule is COc1ccc(C2CCCCCN2C(=O)Cn2ncc(=O)c3ccccc32)cc1. The van der Waals surface area contributed by atoms with Crippen molar-refractivity contribution >= 4 is 16.8 Å². The molecule has 0 N–H and O–H groups in total. The van der Waals surface area contributed by atoms with Crippen LogP contribution in [0.1, 0.15) is 37.3 Å². The third-order valence-corrected chi connectivity index (χ3v) is 5.62. The number of hydrogen-bond donors (Lipinski definition) is 0. The van der Waals surface area contributed by atoms with Gasteiger partial charge < -0.3 is 9.64 Å². The van der Waals surface area contributed by atoms with E-state index in [2.05, 4.69) is 5.10 Å². The molecule has 4 rings (SSSR count). The predicted molar refractivity (Wildman–Crippen MR) is 112 cm³/mol. The molecule has 1 amide bonds. The molecule has 2 aromatic carbocycles. The van der Waals surface area contributed by atoms with Crippen LogP contribution in [0.3, 0.4) is 0 Å². The highest BCUT2D eigenvalue weighted by Crippen LogP contribution is 2.31. The summed E-state index contributed by atoms with van der Waals surface area (Å²) in [5, 5.41) is 4.81. The Morgan fingerprint density at radius 2 is 1.90 bits per heavy atom. The number of para-hydroxylation sites is 1. The molecular weight excluding hydrogens is 366 g/mol. The van der Waals surface area contributed by atoms with Gasteiger partial charge in [-0.2, -0.15) is 5.10 Å². The van der Waals surface area contributed by atoms with Crippen LogP contribution >= 0.6 is 0 Å². The fraction of sp³-hybridized carbons (Fsp3) is 0.348. The Balaban J connectivity index is 1.63. The Kier molecular flexibility index (Phi) is 5.60. The van der Waals surface area contributed by atoms with Gasteiger partial charge in [0.25, 0.3) is 0 Å². The first-order valence-electron chi connectivity index (χ1n) is 10.1. The van der Waals surface area contributed by atoms with Crippen molar-refractivity contribution in [3.63, 3.8) is 0 Å². The summed E-state index contributed by atoms with van der Waals surface area (Å²) in [4.78, 5) is 27.4. The highest BCUT2D eigenvalue weighted by molar-refractivity contribution is 5.81. The lowest BCUT2D eigenvalue weighted by molar-refractivity contribution is -0.134. The number of ether oxygens (including phenoxy) is 1. The van der Waals surface area contributed by atoms with Gasteiger partial charge in [0.05, 0.1) is 24.9 Å². The number of carbonyl (C=O) groups is 1. The summed E-state index contributed by atoms with van der Waals surface area (Å²) in [6.07, 6.45) is 5.45. The molecule has 1 saturated heterocycles. The highest BCUT2D eigenvalue weighted by Gasteiger charge is 2.27. The number of likely N-dealkylation sites (tertiary alicyclic amines) is 1. The molecule has 0 aliphatic carbocycles. The van der Waals surface area contributed by atoms with E-state index >= 15 is 0 Å². The van der Waals surface area contributed by atoms with E-state index in [-0.39, 0.29) is 23.9 Å². The summed E-state index contributed by atoms with van der Waals surface area (Å²) < 4.78 is 6.90. The van der Waals surface area contributed by atoms with Gasteiger partial charge >= 0.3 is 0 Å². The zero-order valence-corrected chi connectivity index (χ0v) is 16.6. The smallest absolute Gasteiger partial charge is 0.244 e. The van der Waals surface area contributed by atoms with Crippen molar-refractivity contribution in [2.24, 2.45) is 0 Å². The van der Waals surface area contributed by atoms with E-state index in [4.69, 9.17) is 4.74 Å². The van der Waals surface area contributed by atoms with Gasteiger partial charge in [-0.15, -0.1) is 0 Å². The number of fused-ring (bicyclic) bond motifs is 1. The van der Waals surface area contributed by atoms with Crippen LogP contribution in [0, 0.1) is 0 Å². The fourth-order valence-corrected chi connectivity index (χ4v) is 4.09. The van der Waals surface area contributed by atoms with Gasteiger partial charge in [-0.1, -0.05) is 37.1 Å². The molecule has 1 atom stereocenters. The summed E-state index contributed by atoms with van der Waals surface area (Å²) in [5.41, 5.74) is 1.68. The number of aromatic nitrogens is 2. The first-order valence-corrected chi connectivity index (χ1v) is 10.1. The van der Waals surface area contributed by atoms with Crippen molar-refractivity contribution in [2.45, 2.75) is 38.3 Å². The number of hydrogen-bond acceptors (Lipinski definition) is 4. The molecule has 150 valence electrons. The molecular formula is C23H25N3O3. The van der Waals surface area contributed by atoms with Crippen molar-refractivity contribution in [1.29, 1.82) is 0 Å². The zero-order chi connectivity index (χ0) is 20.2. The minimum atomic E-state index is -0.129. The second kappa shape index (κ2) is 8.47. The maximum atomic E-state index is 13.3. The van der Waals surface area contributed by atoms with Crippen LogP contribution in [0.2, 0.25) is 0 Å². The van der Waals surface area contributed by atoms with E-state index in [0.717, 1.165) is 43.5 Å². The minimum absolute atomic E-state index is 0.0222. The molecule has 6 nitrogen and oxygen atoms in total. The summed E-state index contributed by atoms with van der Waals surface area (Å²) in [5.74, 6) is 0.832. The normalized spacial score (nSPS) is 17.1. The molecule has 1 fully saturated rings. The van der Waals surface area contributed by atoms with E-state index in [9.17, 15) is 9.59 Å². The van der Waals surface area contributed by atoms with Gasteiger partial charge in [0.1, 0.15) is 12.3 Å². The van der Waals surface area contributed by atoms with Crippen molar-refractivity contribution in [3.05, 3.63) is 70.5 Å². The lowest BCUT2D eigenvalue weighted by Crippen LogP contribution is -2.37. The Bertz CT molecular complexity index is 1060. The first kappa shape index (κ1) is 19.2. The van der Waals surface area contributed by atoms with Gasteiger partial charge in [-0.05, 0) is 42.7 Å². The molecule has 0 radical (unpaired) electrons.